The standard InChI is InChI=1S/C13H26N2O5/c1-11(19)5-3-2-4-6-14-12(20)15-7-13(8-16,9-17)10-18/h16-18H,2-10H2,1H3,(H2,14,15,20). The number of aliphatic hydroxyl groups excluding tert-OH is 3. The van der Waals surface area contributed by atoms with Crippen molar-refractivity contribution in [1.82, 2.24) is 10.6 Å². The van der Waals surface area contributed by atoms with Crippen LogP contribution in [0, 0.1) is 5.41 Å². The lowest BCUT2D eigenvalue weighted by atomic mass is 9.91. The van der Waals surface area contributed by atoms with E-state index in [1.807, 2.05) is 0 Å². The minimum Gasteiger partial charge on any atom is -0.396 e. The maximum Gasteiger partial charge on any atom is 0.314 e. The molecular formula is C13H26N2O5. The summed E-state index contributed by atoms with van der Waals surface area (Å²) in [4.78, 5) is 22.2. The molecule has 0 saturated carbocycles. The molecule has 2 amide bonds. The van der Waals surface area contributed by atoms with E-state index in [9.17, 15) is 9.59 Å². The molecule has 0 fully saturated rings. The van der Waals surface area contributed by atoms with Crippen molar-refractivity contribution in [3.63, 3.8) is 0 Å². The number of unbranched alkanes of at least 4 members (excludes halogenated alkanes) is 2. The molecule has 0 bridgehead atoms. The van der Waals surface area contributed by atoms with E-state index < -0.39 is 31.3 Å². The van der Waals surface area contributed by atoms with Crippen LogP contribution in [0.15, 0.2) is 0 Å². The Bertz CT molecular complexity index is 284. The molecule has 0 spiro atoms. The fourth-order valence-corrected chi connectivity index (χ4v) is 1.53. The van der Waals surface area contributed by atoms with Crippen LogP contribution in [0.25, 0.3) is 0 Å². The van der Waals surface area contributed by atoms with Crippen LogP contribution in [0.4, 0.5) is 4.79 Å². The number of aliphatic hydroxyl groups is 3. The molecule has 0 unspecified atom stereocenters. The maximum absolute atomic E-state index is 11.5. The van der Waals surface area contributed by atoms with Gasteiger partial charge in [-0.2, -0.15) is 0 Å². The first-order valence-electron chi connectivity index (χ1n) is 6.83. The zero-order valence-electron chi connectivity index (χ0n) is 12.0. The van der Waals surface area contributed by atoms with E-state index in [0.717, 1.165) is 19.3 Å². The molecule has 0 saturated heterocycles. The van der Waals surface area contributed by atoms with Gasteiger partial charge in [-0.25, -0.2) is 4.79 Å². The first-order chi connectivity index (χ1) is 9.49. The van der Waals surface area contributed by atoms with Gasteiger partial charge in [0.1, 0.15) is 5.78 Å². The second-order valence-corrected chi connectivity index (χ2v) is 5.10. The van der Waals surface area contributed by atoms with Crippen molar-refractivity contribution >= 4 is 11.8 Å². The van der Waals surface area contributed by atoms with Gasteiger partial charge in [-0.3, -0.25) is 0 Å². The summed E-state index contributed by atoms with van der Waals surface area (Å²) in [6.07, 6.45) is 3.04. The Balaban J connectivity index is 3.71. The summed E-state index contributed by atoms with van der Waals surface area (Å²) in [7, 11) is 0. The minimum absolute atomic E-state index is 0.00727. The second-order valence-electron chi connectivity index (χ2n) is 5.10. The van der Waals surface area contributed by atoms with Crippen molar-refractivity contribution in [1.29, 1.82) is 0 Å². The zero-order valence-corrected chi connectivity index (χ0v) is 12.0. The number of rotatable bonds is 11. The van der Waals surface area contributed by atoms with Gasteiger partial charge >= 0.3 is 6.03 Å². The van der Waals surface area contributed by atoms with Crippen LogP contribution in [-0.4, -0.2) is 60.0 Å². The zero-order chi connectivity index (χ0) is 15.4. The third-order valence-electron chi connectivity index (χ3n) is 3.12. The molecule has 20 heavy (non-hydrogen) atoms. The lowest BCUT2D eigenvalue weighted by Crippen LogP contribution is -2.48. The molecule has 0 aliphatic rings. The Labute approximate surface area is 119 Å². The molecule has 0 aliphatic carbocycles. The highest BCUT2D eigenvalue weighted by atomic mass is 16.3. The monoisotopic (exact) mass is 290 g/mol. The summed E-state index contributed by atoms with van der Waals surface area (Å²) in [5, 5.41) is 32.4. The average Bonchev–Trinajstić information content (AvgIpc) is 2.44. The first kappa shape index (κ1) is 18.8. The van der Waals surface area contributed by atoms with Gasteiger partial charge in [-0.15, -0.1) is 0 Å². The van der Waals surface area contributed by atoms with E-state index in [1.165, 1.54) is 0 Å². The molecule has 0 aromatic carbocycles. The van der Waals surface area contributed by atoms with E-state index in [0.29, 0.717) is 13.0 Å². The molecular weight excluding hydrogens is 264 g/mol. The molecule has 0 heterocycles. The highest BCUT2D eigenvalue weighted by Gasteiger charge is 2.28. The predicted molar refractivity (Wildman–Crippen MR) is 74.2 cm³/mol. The van der Waals surface area contributed by atoms with Crippen molar-refractivity contribution in [2.75, 3.05) is 32.9 Å². The van der Waals surface area contributed by atoms with Crippen molar-refractivity contribution in [3.8, 4) is 0 Å². The number of nitrogens with one attached hydrogen (secondary N) is 2. The fourth-order valence-electron chi connectivity index (χ4n) is 1.53. The predicted octanol–water partition coefficient (Wildman–Crippen LogP) is -0.602. The van der Waals surface area contributed by atoms with Crippen LogP contribution in [-0.2, 0) is 4.79 Å². The highest BCUT2D eigenvalue weighted by Crippen LogP contribution is 2.12. The van der Waals surface area contributed by atoms with Gasteiger partial charge in [-0.1, -0.05) is 6.42 Å². The average molecular weight is 290 g/mol. The Hall–Kier alpha value is -1.18. The molecule has 7 nitrogen and oxygen atoms in total. The summed E-state index contributed by atoms with van der Waals surface area (Å²) >= 11 is 0. The summed E-state index contributed by atoms with van der Waals surface area (Å²) in [5.41, 5.74) is -1.10. The van der Waals surface area contributed by atoms with E-state index in [-0.39, 0.29) is 12.3 Å². The number of hydrogen-bond donors (Lipinski definition) is 5. The van der Waals surface area contributed by atoms with Crippen LogP contribution in [0.5, 0.6) is 0 Å². The van der Waals surface area contributed by atoms with E-state index in [1.54, 1.807) is 6.92 Å². The van der Waals surface area contributed by atoms with Gasteiger partial charge in [0, 0.05) is 19.5 Å². The van der Waals surface area contributed by atoms with Crippen LogP contribution < -0.4 is 10.6 Å². The number of Topliss-reactive ketones (excluding diaryl/α,β-unsaturated/α-hetero) is 1. The number of urea groups is 1. The largest absolute Gasteiger partial charge is 0.396 e. The third kappa shape index (κ3) is 8.08. The van der Waals surface area contributed by atoms with Crippen molar-refractivity contribution < 1.29 is 24.9 Å². The Kier molecular flexibility index (Phi) is 9.96. The van der Waals surface area contributed by atoms with Crippen molar-refractivity contribution in [2.24, 2.45) is 5.41 Å². The number of carbonyl (C=O) groups is 2. The molecule has 5 N–H and O–H groups in total. The topological polar surface area (TPSA) is 119 Å². The van der Waals surface area contributed by atoms with Gasteiger partial charge in [0.2, 0.25) is 0 Å². The number of carbonyl (C=O) groups excluding carboxylic acids is 2. The van der Waals surface area contributed by atoms with E-state index >= 15 is 0 Å². The van der Waals surface area contributed by atoms with Crippen LogP contribution in [0.1, 0.15) is 32.6 Å². The second kappa shape index (κ2) is 10.6. The maximum atomic E-state index is 11.5. The summed E-state index contributed by atoms with van der Waals surface area (Å²) in [6, 6.07) is -0.406. The molecule has 7 heteroatoms. The quantitative estimate of drug-likeness (QED) is 0.326. The van der Waals surface area contributed by atoms with Crippen LogP contribution in [0.2, 0.25) is 0 Å². The normalized spacial score (nSPS) is 11.2. The van der Waals surface area contributed by atoms with Crippen LogP contribution >= 0.6 is 0 Å². The fraction of sp³-hybridized carbons (Fsp3) is 0.846. The smallest absolute Gasteiger partial charge is 0.314 e. The molecule has 0 aliphatic heterocycles. The van der Waals surface area contributed by atoms with E-state index in [2.05, 4.69) is 10.6 Å². The molecule has 0 radical (unpaired) electrons. The van der Waals surface area contributed by atoms with Crippen LogP contribution in [0.3, 0.4) is 0 Å². The van der Waals surface area contributed by atoms with Gasteiger partial charge in [0.25, 0.3) is 0 Å². The van der Waals surface area contributed by atoms with Gasteiger partial charge in [-0.05, 0) is 19.8 Å². The summed E-state index contributed by atoms with van der Waals surface area (Å²) in [6.45, 7) is 0.810. The Morgan fingerprint density at radius 3 is 2.05 bits per heavy atom. The van der Waals surface area contributed by atoms with Crippen molar-refractivity contribution in [2.45, 2.75) is 32.6 Å². The first-order valence-corrected chi connectivity index (χ1v) is 6.83. The Morgan fingerprint density at radius 2 is 1.55 bits per heavy atom. The van der Waals surface area contributed by atoms with Gasteiger partial charge in [0.05, 0.1) is 25.2 Å². The number of hydrogen-bond acceptors (Lipinski definition) is 5. The lowest BCUT2D eigenvalue weighted by molar-refractivity contribution is -0.117. The lowest BCUT2D eigenvalue weighted by Gasteiger charge is -2.27. The molecule has 118 valence electrons. The molecule has 0 atom stereocenters. The van der Waals surface area contributed by atoms with Gasteiger partial charge in [0.15, 0.2) is 0 Å². The third-order valence-corrected chi connectivity index (χ3v) is 3.12. The number of ketones is 1. The molecule has 0 aromatic rings. The Morgan fingerprint density at radius 1 is 0.950 bits per heavy atom. The number of amides is 2. The highest BCUT2D eigenvalue weighted by molar-refractivity contribution is 5.75. The summed E-state index contributed by atoms with van der Waals surface area (Å²) in [5.74, 6) is 0.170. The minimum atomic E-state index is -1.10. The van der Waals surface area contributed by atoms with Crippen molar-refractivity contribution in [3.05, 3.63) is 0 Å². The summed E-state index contributed by atoms with van der Waals surface area (Å²) < 4.78 is 0. The SMILES string of the molecule is CC(=O)CCCCCNC(=O)NCC(CO)(CO)CO. The van der Waals surface area contributed by atoms with Gasteiger partial charge < -0.3 is 30.7 Å². The molecule has 0 rings (SSSR count). The molecule has 0 aromatic heterocycles. The van der Waals surface area contributed by atoms with E-state index in [4.69, 9.17) is 15.3 Å².